The molecule has 0 bridgehead atoms. The number of aryl methyl sites for hydroxylation is 1. The van der Waals surface area contributed by atoms with Crippen molar-refractivity contribution >= 4 is 17.7 Å². The van der Waals surface area contributed by atoms with Crippen LogP contribution in [0, 0.1) is 6.92 Å². The number of amides is 1. The standard InChI is InChI=1S/C20H21N3O4S/c1-13-22-19(27-23-13)12-28-18-7-5-4-6-16(18)20(24)21-11-14-8-9-15(25-2)10-17(14)26-3/h4-10H,11-12H2,1-3H3,(H,21,24). The third-order valence-electron chi connectivity index (χ3n) is 3.99. The first-order valence-corrected chi connectivity index (χ1v) is 9.59. The van der Waals surface area contributed by atoms with Crippen molar-refractivity contribution in [2.24, 2.45) is 0 Å². The first-order chi connectivity index (χ1) is 13.6. The Morgan fingerprint density at radius 3 is 2.71 bits per heavy atom. The molecular formula is C20H21N3O4S. The van der Waals surface area contributed by atoms with Gasteiger partial charge in [0, 0.05) is 23.1 Å². The van der Waals surface area contributed by atoms with Gasteiger partial charge in [0.1, 0.15) is 11.5 Å². The van der Waals surface area contributed by atoms with Crippen LogP contribution in [0.4, 0.5) is 0 Å². The van der Waals surface area contributed by atoms with E-state index in [0.717, 1.165) is 10.5 Å². The van der Waals surface area contributed by atoms with Gasteiger partial charge in [-0.25, -0.2) is 0 Å². The lowest BCUT2D eigenvalue weighted by Crippen LogP contribution is -2.23. The van der Waals surface area contributed by atoms with Crippen LogP contribution in [0.15, 0.2) is 51.9 Å². The fraction of sp³-hybridized carbons (Fsp3) is 0.250. The number of carbonyl (C=O) groups is 1. The van der Waals surface area contributed by atoms with E-state index in [2.05, 4.69) is 15.5 Å². The molecule has 2 aromatic carbocycles. The van der Waals surface area contributed by atoms with Crippen molar-refractivity contribution < 1.29 is 18.8 Å². The van der Waals surface area contributed by atoms with Crippen molar-refractivity contribution in [3.8, 4) is 11.5 Å². The Balaban J connectivity index is 1.67. The number of ether oxygens (including phenoxy) is 2. The normalized spacial score (nSPS) is 10.5. The second kappa shape index (κ2) is 9.27. The number of nitrogens with zero attached hydrogens (tertiary/aromatic N) is 2. The van der Waals surface area contributed by atoms with Gasteiger partial charge in [-0.15, -0.1) is 11.8 Å². The van der Waals surface area contributed by atoms with Crippen molar-refractivity contribution in [1.82, 2.24) is 15.5 Å². The molecule has 0 fully saturated rings. The first-order valence-electron chi connectivity index (χ1n) is 8.61. The lowest BCUT2D eigenvalue weighted by Gasteiger charge is -2.12. The molecule has 0 aliphatic carbocycles. The Labute approximate surface area is 167 Å². The van der Waals surface area contributed by atoms with Gasteiger partial charge in [-0.2, -0.15) is 4.98 Å². The van der Waals surface area contributed by atoms with Crippen LogP contribution in [0.3, 0.4) is 0 Å². The average molecular weight is 399 g/mol. The number of methoxy groups -OCH3 is 2. The Morgan fingerprint density at radius 2 is 2.00 bits per heavy atom. The second-order valence-corrected chi connectivity index (χ2v) is 6.90. The number of benzene rings is 2. The number of rotatable bonds is 8. The molecule has 0 radical (unpaired) electrons. The molecule has 0 saturated carbocycles. The zero-order chi connectivity index (χ0) is 19.9. The van der Waals surface area contributed by atoms with Crippen LogP contribution in [-0.4, -0.2) is 30.3 Å². The average Bonchev–Trinajstić information content (AvgIpc) is 3.15. The van der Waals surface area contributed by atoms with Gasteiger partial charge in [-0.1, -0.05) is 17.3 Å². The van der Waals surface area contributed by atoms with E-state index >= 15 is 0 Å². The van der Waals surface area contributed by atoms with Crippen molar-refractivity contribution in [1.29, 1.82) is 0 Å². The third-order valence-corrected chi connectivity index (χ3v) is 5.04. The van der Waals surface area contributed by atoms with Gasteiger partial charge >= 0.3 is 0 Å². The van der Waals surface area contributed by atoms with E-state index in [9.17, 15) is 4.79 Å². The van der Waals surface area contributed by atoms with E-state index in [1.165, 1.54) is 11.8 Å². The van der Waals surface area contributed by atoms with Crippen LogP contribution in [0.25, 0.3) is 0 Å². The summed E-state index contributed by atoms with van der Waals surface area (Å²) in [7, 11) is 3.19. The Morgan fingerprint density at radius 1 is 1.18 bits per heavy atom. The molecule has 0 aliphatic rings. The highest BCUT2D eigenvalue weighted by Crippen LogP contribution is 2.27. The number of hydrogen-bond acceptors (Lipinski definition) is 7. The molecule has 1 aromatic heterocycles. The summed E-state index contributed by atoms with van der Waals surface area (Å²) >= 11 is 1.48. The van der Waals surface area contributed by atoms with Gasteiger partial charge in [0.05, 0.1) is 25.5 Å². The molecule has 0 spiro atoms. The summed E-state index contributed by atoms with van der Waals surface area (Å²) in [6, 6.07) is 12.9. The van der Waals surface area contributed by atoms with Crippen LogP contribution >= 0.6 is 11.8 Å². The number of nitrogens with one attached hydrogen (secondary N) is 1. The number of hydrogen-bond donors (Lipinski definition) is 1. The fourth-order valence-corrected chi connectivity index (χ4v) is 3.47. The largest absolute Gasteiger partial charge is 0.497 e. The molecule has 3 rings (SSSR count). The SMILES string of the molecule is COc1ccc(CNC(=O)c2ccccc2SCc2nc(C)no2)c(OC)c1. The molecule has 28 heavy (non-hydrogen) atoms. The van der Waals surface area contributed by atoms with Gasteiger partial charge in [-0.3, -0.25) is 4.79 Å². The molecular weight excluding hydrogens is 378 g/mol. The van der Waals surface area contributed by atoms with E-state index in [1.807, 2.05) is 30.3 Å². The predicted molar refractivity (Wildman–Crippen MR) is 106 cm³/mol. The summed E-state index contributed by atoms with van der Waals surface area (Å²) in [6.07, 6.45) is 0. The van der Waals surface area contributed by atoms with Crippen molar-refractivity contribution in [3.63, 3.8) is 0 Å². The van der Waals surface area contributed by atoms with Crippen molar-refractivity contribution in [3.05, 3.63) is 65.3 Å². The maximum absolute atomic E-state index is 12.7. The summed E-state index contributed by atoms with van der Waals surface area (Å²) in [4.78, 5) is 17.8. The lowest BCUT2D eigenvalue weighted by atomic mass is 10.1. The Bertz CT molecular complexity index is 958. The molecule has 0 unspecified atom stereocenters. The van der Waals surface area contributed by atoms with Crippen LogP contribution in [0.1, 0.15) is 27.6 Å². The molecule has 0 aliphatic heterocycles. The Kier molecular flexibility index (Phi) is 6.54. The quantitative estimate of drug-likeness (QED) is 0.579. The van der Waals surface area contributed by atoms with Crippen molar-refractivity contribution in [2.45, 2.75) is 24.1 Å². The van der Waals surface area contributed by atoms with Gasteiger partial charge in [-0.05, 0) is 31.2 Å². The molecule has 1 N–H and O–H groups in total. The highest BCUT2D eigenvalue weighted by atomic mass is 32.2. The highest BCUT2D eigenvalue weighted by Gasteiger charge is 2.14. The fourth-order valence-electron chi connectivity index (χ4n) is 2.59. The second-order valence-electron chi connectivity index (χ2n) is 5.88. The van der Waals surface area contributed by atoms with Crippen molar-refractivity contribution in [2.75, 3.05) is 14.2 Å². The molecule has 8 heteroatoms. The van der Waals surface area contributed by atoms with Crippen LogP contribution in [0.2, 0.25) is 0 Å². The summed E-state index contributed by atoms with van der Waals surface area (Å²) in [5.74, 6) is 2.81. The smallest absolute Gasteiger partial charge is 0.252 e. The topological polar surface area (TPSA) is 86.5 Å². The molecule has 1 heterocycles. The van der Waals surface area contributed by atoms with Gasteiger partial charge in [0.2, 0.25) is 5.89 Å². The van der Waals surface area contributed by atoms with Gasteiger partial charge < -0.3 is 19.3 Å². The number of carbonyl (C=O) groups excluding carboxylic acids is 1. The monoisotopic (exact) mass is 399 g/mol. The van der Waals surface area contributed by atoms with E-state index in [-0.39, 0.29) is 5.91 Å². The first kappa shape index (κ1) is 19.8. The highest BCUT2D eigenvalue weighted by molar-refractivity contribution is 7.98. The minimum atomic E-state index is -0.164. The van der Waals surface area contributed by atoms with E-state index < -0.39 is 0 Å². The summed E-state index contributed by atoms with van der Waals surface area (Å²) in [5, 5.41) is 6.72. The molecule has 7 nitrogen and oxygen atoms in total. The molecule has 0 atom stereocenters. The summed E-state index contributed by atoms with van der Waals surface area (Å²) in [5.41, 5.74) is 1.46. The molecule has 1 amide bonds. The van der Waals surface area contributed by atoms with E-state index in [0.29, 0.717) is 41.1 Å². The zero-order valence-electron chi connectivity index (χ0n) is 15.9. The predicted octanol–water partition coefficient (Wildman–Crippen LogP) is 3.62. The van der Waals surface area contributed by atoms with Crippen LogP contribution < -0.4 is 14.8 Å². The van der Waals surface area contributed by atoms with Crippen LogP contribution in [0.5, 0.6) is 11.5 Å². The summed E-state index contributed by atoms with van der Waals surface area (Å²) in [6.45, 7) is 2.11. The Hall–Kier alpha value is -3.00. The third kappa shape index (κ3) is 4.83. The maximum atomic E-state index is 12.7. The molecule has 3 aromatic rings. The van der Waals surface area contributed by atoms with E-state index in [1.54, 1.807) is 33.3 Å². The van der Waals surface area contributed by atoms with Gasteiger partial charge in [0.25, 0.3) is 5.91 Å². The lowest BCUT2D eigenvalue weighted by molar-refractivity contribution is 0.0947. The van der Waals surface area contributed by atoms with E-state index in [4.69, 9.17) is 14.0 Å². The van der Waals surface area contributed by atoms with Crippen LogP contribution in [-0.2, 0) is 12.3 Å². The summed E-state index contributed by atoms with van der Waals surface area (Å²) < 4.78 is 15.7. The number of aromatic nitrogens is 2. The van der Waals surface area contributed by atoms with Gasteiger partial charge in [0.15, 0.2) is 5.82 Å². The minimum absolute atomic E-state index is 0.164. The zero-order valence-corrected chi connectivity index (χ0v) is 16.7. The molecule has 0 saturated heterocycles. The minimum Gasteiger partial charge on any atom is -0.497 e. The maximum Gasteiger partial charge on any atom is 0.252 e. The molecule has 146 valence electrons. The number of thioether (sulfide) groups is 1.